The monoisotopic (exact) mass is 258 g/mol. The average molecular weight is 259 g/mol. The standard InChI is InChI=1S/C11H19ClN4O/c1-6(2)8(5)13-10-14-9(12)15-11(16-10)17-7(3)4/h6-8H,1-5H3,(H,13,14,15,16). The Kier molecular flexibility index (Phi) is 4.93. The fourth-order valence-corrected chi connectivity index (χ4v) is 1.18. The maximum Gasteiger partial charge on any atom is 0.322 e. The second kappa shape index (κ2) is 6.00. The maximum atomic E-state index is 5.81. The molecule has 1 atom stereocenters. The molecule has 0 saturated carbocycles. The first-order valence-corrected chi connectivity index (χ1v) is 6.11. The molecule has 0 aliphatic rings. The number of rotatable bonds is 5. The van der Waals surface area contributed by atoms with Gasteiger partial charge in [0.05, 0.1) is 6.10 Å². The molecule has 1 rings (SSSR count). The molecule has 1 N–H and O–H groups in total. The lowest BCUT2D eigenvalue weighted by Gasteiger charge is -2.17. The van der Waals surface area contributed by atoms with Crippen LogP contribution < -0.4 is 10.1 Å². The van der Waals surface area contributed by atoms with E-state index in [0.29, 0.717) is 11.9 Å². The van der Waals surface area contributed by atoms with Crippen LogP contribution in [0.15, 0.2) is 0 Å². The molecule has 0 aliphatic heterocycles. The Balaban J connectivity index is 2.82. The van der Waals surface area contributed by atoms with E-state index in [-0.39, 0.29) is 23.4 Å². The van der Waals surface area contributed by atoms with Crippen molar-refractivity contribution in [2.75, 3.05) is 5.32 Å². The number of ether oxygens (including phenoxy) is 1. The number of hydrogen-bond acceptors (Lipinski definition) is 5. The van der Waals surface area contributed by atoms with Crippen molar-refractivity contribution < 1.29 is 4.74 Å². The molecule has 0 bridgehead atoms. The quantitative estimate of drug-likeness (QED) is 0.880. The largest absolute Gasteiger partial charge is 0.461 e. The van der Waals surface area contributed by atoms with Crippen molar-refractivity contribution in [2.24, 2.45) is 5.92 Å². The zero-order chi connectivity index (χ0) is 13.0. The van der Waals surface area contributed by atoms with Crippen LogP contribution in [-0.4, -0.2) is 27.1 Å². The number of anilines is 1. The third kappa shape index (κ3) is 4.73. The van der Waals surface area contributed by atoms with E-state index in [2.05, 4.69) is 41.0 Å². The van der Waals surface area contributed by atoms with Crippen LogP contribution >= 0.6 is 11.6 Å². The lowest BCUT2D eigenvalue weighted by atomic mass is 10.1. The van der Waals surface area contributed by atoms with E-state index in [1.165, 1.54) is 0 Å². The average Bonchev–Trinajstić information content (AvgIpc) is 2.14. The minimum absolute atomic E-state index is 0.00355. The van der Waals surface area contributed by atoms with Crippen LogP contribution in [0.4, 0.5) is 5.95 Å². The van der Waals surface area contributed by atoms with Gasteiger partial charge in [-0.1, -0.05) is 13.8 Å². The number of halogens is 1. The summed E-state index contributed by atoms with van der Waals surface area (Å²) in [5.41, 5.74) is 0. The molecule has 0 fully saturated rings. The summed E-state index contributed by atoms with van der Waals surface area (Å²) in [6.07, 6.45) is 0.00355. The molecular formula is C11H19ClN4O. The van der Waals surface area contributed by atoms with Crippen molar-refractivity contribution in [1.82, 2.24) is 15.0 Å². The fourth-order valence-electron chi connectivity index (χ4n) is 1.03. The number of nitrogens with zero attached hydrogens (tertiary/aromatic N) is 3. The molecule has 1 aromatic heterocycles. The first kappa shape index (κ1) is 14.0. The van der Waals surface area contributed by atoms with E-state index in [0.717, 1.165) is 0 Å². The highest BCUT2D eigenvalue weighted by Crippen LogP contribution is 2.14. The van der Waals surface area contributed by atoms with Crippen LogP contribution in [0.2, 0.25) is 5.28 Å². The van der Waals surface area contributed by atoms with Gasteiger partial charge in [-0.2, -0.15) is 15.0 Å². The topological polar surface area (TPSA) is 59.9 Å². The van der Waals surface area contributed by atoms with Gasteiger partial charge in [0.25, 0.3) is 0 Å². The summed E-state index contributed by atoms with van der Waals surface area (Å²) in [6, 6.07) is 0.499. The van der Waals surface area contributed by atoms with Gasteiger partial charge < -0.3 is 10.1 Å². The minimum atomic E-state index is 0.00355. The van der Waals surface area contributed by atoms with Crippen molar-refractivity contribution in [2.45, 2.75) is 46.8 Å². The van der Waals surface area contributed by atoms with Gasteiger partial charge in [0, 0.05) is 6.04 Å². The molecule has 0 spiro atoms. The van der Waals surface area contributed by atoms with E-state index < -0.39 is 0 Å². The Labute approximate surface area is 107 Å². The number of nitrogens with one attached hydrogen (secondary N) is 1. The van der Waals surface area contributed by atoms with Crippen LogP contribution in [0.5, 0.6) is 6.01 Å². The van der Waals surface area contributed by atoms with Crippen molar-refractivity contribution in [1.29, 1.82) is 0 Å². The number of aromatic nitrogens is 3. The molecule has 0 amide bonds. The van der Waals surface area contributed by atoms with Gasteiger partial charge in [-0.3, -0.25) is 0 Å². The highest BCUT2D eigenvalue weighted by Gasteiger charge is 2.12. The summed E-state index contributed by atoms with van der Waals surface area (Å²) in [5.74, 6) is 0.918. The fraction of sp³-hybridized carbons (Fsp3) is 0.727. The molecular weight excluding hydrogens is 240 g/mol. The van der Waals surface area contributed by atoms with Gasteiger partial charge >= 0.3 is 6.01 Å². The van der Waals surface area contributed by atoms with Crippen LogP contribution in [0.1, 0.15) is 34.6 Å². The van der Waals surface area contributed by atoms with Crippen LogP contribution in [0.3, 0.4) is 0 Å². The van der Waals surface area contributed by atoms with Gasteiger partial charge in [0.1, 0.15) is 0 Å². The van der Waals surface area contributed by atoms with Gasteiger partial charge in [0.15, 0.2) is 0 Å². The van der Waals surface area contributed by atoms with Crippen molar-refractivity contribution in [3.8, 4) is 6.01 Å². The Morgan fingerprint density at radius 2 is 1.71 bits per heavy atom. The van der Waals surface area contributed by atoms with Crippen molar-refractivity contribution in [3.63, 3.8) is 0 Å². The van der Waals surface area contributed by atoms with Crippen LogP contribution in [-0.2, 0) is 0 Å². The minimum Gasteiger partial charge on any atom is -0.461 e. The molecule has 1 aromatic rings. The normalized spacial score (nSPS) is 12.9. The molecule has 17 heavy (non-hydrogen) atoms. The molecule has 0 aliphatic carbocycles. The first-order chi connectivity index (χ1) is 7.88. The molecule has 96 valence electrons. The summed E-state index contributed by atoms with van der Waals surface area (Å²) < 4.78 is 5.39. The Bertz CT molecular complexity index is 370. The number of hydrogen-bond donors (Lipinski definition) is 1. The highest BCUT2D eigenvalue weighted by molar-refractivity contribution is 6.28. The van der Waals surface area contributed by atoms with Crippen molar-refractivity contribution in [3.05, 3.63) is 5.28 Å². The van der Waals surface area contributed by atoms with Crippen molar-refractivity contribution >= 4 is 17.5 Å². The van der Waals surface area contributed by atoms with E-state index in [9.17, 15) is 0 Å². The Morgan fingerprint density at radius 3 is 2.24 bits per heavy atom. The summed E-state index contributed by atoms with van der Waals surface area (Å²) in [4.78, 5) is 12.1. The second-order valence-corrected chi connectivity index (χ2v) is 4.89. The lowest BCUT2D eigenvalue weighted by molar-refractivity contribution is 0.222. The predicted molar refractivity (Wildman–Crippen MR) is 68.5 cm³/mol. The Hall–Kier alpha value is -1.10. The van der Waals surface area contributed by atoms with E-state index >= 15 is 0 Å². The summed E-state index contributed by atoms with van der Waals surface area (Å²) in [7, 11) is 0. The maximum absolute atomic E-state index is 5.81. The molecule has 1 unspecified atom stereocenters. The SMILES string of the molecule is CC(C)Oc1nc(Cl)nc(NC(C)C(C)C)n1. The molecule has 1 heterocycles. The van der Waals surface area contributed by atoms with E-state index in [1.54, 1.807) is 0 Å². The molecule has 0 saturated heterocycles. The molecule has 6 heteroatoms. The van der Waals surface area contributed by atoms with Gasteiger partial charge in [0.2, 0.25) is 11.2 Å². The first-order valence-electron chi connectivity index (χ1n) is 5.73. The third-order valence-electron chi connectivity index (χ3n) is 2.29. The molecule has 0 aromatic carbocycles. The Morgan fingerprint density at radius 1 is 1.06 bits per heavy atom. The summed E-state index contributed by atoms with van der Waals surface area (Å²) in [5, 5.41) is 3.30. The second-order valence-electron chi connectivity index (χ2n) is 4.55. The van der Waals surface area contributed by atoms with Gasteiger partial charge in [-0.15, -0.1) is 0 Å². The van der Waals surface area contributed by atoms with Gasteiger partial charge in [-0.25, -0.2) is 0 Å². The highest BCUT2D eigenvalue weighted by atomic mass is 35.5. The van der Waals surface area contributed by atoms with Crippen LogP contribution in [0.25, 0.3) is 0 Å². The predicted octanol–water partition coefficient (Wildman–Crippen LogP) is 2.77. The zero-order valence-electron chi connectivity index (χ0n) is 10.9. The van der Waals surface area contributed by atoms with Gasteiger partial charge in [-0.05, 0) is 38.3 Å². The summed E-state index contributed by atoms with van der Waals surface area (Å²) >= 11 is 5.81. The third-order valence-corrected chi connectivity index (χ3v) is 2.45. The van der Waals surface area contributed by atoms with Crippen LogP contribution in [0, 0.1) is 5.92 Å². The smallest absolute Gasteiger partial charge is 0.322 e. The lowest BCUT2D eigenvalue weighted by Crippen LogP contribution is -2.23. The van der Waals surface area contributed by atoms with E-state index in [4.69, 9.17) is 16.3 Å². The van der Waals surface area contributed by atoms with E-state index in [1.807, 2.05) is 13.8 Å². The summed E-state index contributed by atoms with van der Waals surface area (Å²) in [6.45, 7) is 10.1. The molecule has 0 radical (unpaired) electrons. The zero-order valence-corrected chi connectivity index (χ0v) is 11.6. The molecule has 5 nitrogen and oxygen atoms in total.